The van der Waals surface area contributed by atoms with Crippen LogP contribution in [0, 0.1) is 10.1 Å². The van der Waals surface area contributed by atoms with Gasteiger partial charge in [-0.2, -0.15) is 0 Å². The van der Waals surface area contributed by atoms with E-state index in [1.165, 1.54) is 23.8 Å². The Morgan fingerprint density at radius 1 is 1.06 bits per heavy atom. The molecule has 0 unspecified atom stereocenters. The van der Waals surface area contributed by atoms with Gasteiger partial charge in [0.15, 0.2) is 5.11 Å². The smallest absolute Gasteiger partial charge is 0.294 e. The molecule has 0 aliphatic carbocycles. The van der Waals surface area contributed by atoms with E-state index in [1.807, 2.05) is 30.3 Å². The summed E-state index contributed by atoms with van der Waals surface area (Å²) < 4.78 is 5.71. The molecule has 158 valence electrons. The molecule has 1 amide bonds. The number of nitro benzene ring substituents is 1. The number of amides is 1. The predicted octanol–water partition coefficient (Wildman–Crippen LogP) is 5.00. The Kier molecular flexibility index (Phi) is 7.53. The summed E-state index contributed by atoms with van der Waals surface area (Å²) >= 11 is 10.9. The average molecular weight is 456 g/mol. The number of hydrogen-bond donors (Lipinski definition) is 2. The van der Waals surface area contributed by atoms with Crippen molar-refractivity contribution in [1.29, 1.82) is 0 Å². The minimum atomic E-state index is -0.588. The zero-order valence-electron chi connectivity index (χ0n) is 16.2. The minimum Gasteiger partial charge on any atom is -0.493 e. The van der Waals surface area contributed by atoms with Crippen molar-refractivity contribution in [2.75, 3.05) is 11.9 Å². The number of ether oxygens (including phenoxy) is 1. The van der Waals surface area contributed by atoms with Crippen LogP contribution in [0.4, 0.5) is 11.4 Å². The number of carbonyl (C=O) groups is 1. The molecule has 0 saturated carbocycles. The fraction of sp³-hybridized carbons (Fsp3) is 0.0909. The Bertz CT molecular complexity index is 1090. The van der Waals surface area contributed by atoms with Gasteiger partial charge in [-0.15, -0.1) is 0 Å². The summed E-state index contributed by atoms with van der Waals surface area (Å²) in [5.74, 6) is 0.190. The molecule has 31 heavy (non-hydrogen) atoms. The van der Waals surface area contributed by atoms with Crippen LogP contribution in [0.5, 0.6) is 5.75 Å². The van der Waals surface area contributed by atoms with E-state index in [1.54, 1.807) is 24.3 Å². The molecule has 0 radical (unpaired) electrons. The van der Waals surface area contributed by atoms with Gasteiger partial charge < -0.3 is 10.1 Å². The summed E-state index contributed by atoms with van der Waals surface area (Å²) in [6, 6.07) is 20.7. The molecule has 3 aromatic rings. The molecular formula is C22H18ClN3O4S. The van der Waals surface area contributed by atoms with E-state index in [4.69, 9.17) is 28.6 Å². The fourth-order valence-electron chi connectivity index (χ4n) is 2.72. The second-order valence-corrected chi connectivity index (χ2v) is 7.28. The number of benzene rings is 3. The first kappa shape index (κ1) is 22.2. The number of nitrogens with zero attached hydrogens (tertiary/aromatic N) is 1. The Morgan fingerprint density at radius 2 is 1.77 bits per heavy atom. The van der Waals surface area contributed by atoms with Crippen LogP contribution in [-0.4, -0.2) is 22.5 Å². The SMILES string of the molecule is O=C(NC(=S)Nc1ccc(Cl)cc1[N+](=O)[O-])c1ccc(OCCc2ccccc2)cc1. The first-order valence-corrected chi connectivity index (χ1v) is 10.0. The molecule has 2 N–H and O–H groups in total. The molecule has 0 atom stereocenters. The van der Waals surface area contributed by atoms with Gasteiger partial charge in [-0.1, -0.05) is 41.9 Å². The Labute approximate surface area is 189 Å². The van der Waals surface area contributed by atoms with E-state index in [2.05, 4.69) is 10.6 Å². The van der Waals surface area contributed by atoms with Gasteiger partial charge in [0.25, 0.3) is 11.6 Å². The van der Waals surface area contributed by atoms with E-state index >= 15 is 0 Å². The number of anilines is 1. The van der Waals surface area contributed by atoms with Gasteiger partial charge in [0.2, 0.25) is 0 Å². The van der Waals surface area contributed by atoms with Gasteiger partial charge in [-0.3, -0.25) is 20.2 Å². The number of rotatable bonds is 7. The lowest BCUT2D eigenvalue weighted by Gasteiger charge is -2.11. The molecule has 0 heterocycles. The summed E-state index contributed by atoms with van der Waals surface area (Å²) in [5, 5.41) is 16.4. The summed E-state index contributed by atoms with van der Waals surface area (Å²) in [4.78, 5) is 23.0. The van der Waals surface area contributed by atoms with Crippen molar-refractivity contribution in [2.45, 2.75) is 6.42 Å². The first-order chi connectivity index (χ1) is 14.9. The molecule has 0 fully saturated rings. The zero-order valence-corrected chi connectivity index (χ0v) is 17.8. The molecule has 0 aliphatic heterocycles. The topological polar surface area (TPSA) is 93.5 Å². The number of halogens is 1. The number of carbonyl (C=O) groups excluding carboxylic acids is 1. The highest BCUT2D eigenvalue weighted by molar-refractivity contribution is 7.80. The maximum Gasteiger partial charge on any atom is 0.294 e. The van der Waals surface area contributed by atoms with Gasteiger partial charge >= 0.3 is 0 Å². The Morgan fingerprint density at radius 3 is 2.45 bits per heavy atom. The third-order valence-electron chi connectivity index (χ3n) is 4.25. The lowest BCUT2D eigenvalue weighted by molar-refractivity contribution is -0.383. The molecule has 7 nitrogen and oxygen atoms in total. The summed E-state index contributed by atoms with van der Waals surface area (Å²) in [5.41, 5.74) is 1.42. The standard InChI is InChI=1S/C22H18ClN3O4S/c23-17-8-11-19(20(14-17)26(28)29)24-22(31)25-21(27)16-6-9-18(10-7-16)30-13-12-15-4-2-1-3-5-15/h1-11,14H,12-13H2,(H2,24,25,27,31). The lowest BCUT2D eigenvalue weighted by atomic mass is 10.2. The second kappa shape index (κ2) is 10.5. The average Bonchev–Trinajstić information content (AvgIpc) is 2.76. The van der Waals surface area contributed by atoms with Crippen LogP contribution in [0.1, 0.15) is 15.9 Å². The maximum absolute atomic E-state index is 12.4. The van der Waals surface area contributed by atoms with Crippen molar-refractivity contribution in [3.05, 3.63) is 99.1 Å². The van der Waals surface area contributed by atoms with E-state index in [9.17, 15) is 14.9 Å². The number of nitrogens with one attached hydrogen (secondary N) is 2. The van der Waals surface area contributed by atoms with Crippen LogP contribution >= 0.6 is 23.8 Å². The molecule has 0 aromatic heterocycles. The second-order valence-electron chi connectivity index (χ2n) is 6.44. The molecule has 0 bridgehead atoms. The van der Waals surface area contributed by atoms with Gasteiger partial charge in [-0.25, -0.2) is 0 Å². The summed E-state index contributed by atoms with van der Waals surface area (Å²) in [6.45, 7) is 0.517. The molecule has 0 saturated heterocycles. The van der Waals surface area contributed by atoms with Gasteiger partial charge in [0, 0.05) is 23.1 Å². The van der Waals surface area contributed by atoms with Crippen molar-refractivity contribution >= 4 is 46.2 Å². The number of nitro groups is 1. The van der Waals surface area contributed by atoms with Gasteiger partial charge in [0.05, 0.1) is 11.5 Å². The van der Waals surface area contributed by atoms with Crippen LogP contribution in [-0.2, 0) is 6.42 Å². The van der Waals surface area contributed by atoms with Gasteiger partial charge in [-0.05, 0) is 54.2 Å². The third-order valence-corrected chi connectivity index (χ3v) is 4.69. The molecule has 3 rings (SSSR count). The van der Waals surface area contributed by atoms with E-state index in [0.29, 0.717) is 17.9 Å². The first-order valence-electron chi connectivity index (χ1n) is 9.25. The highest BCUT2D eigenvalue weighted by Gasteiger charge is 2.16. The third kappa shape index (κ3) is 6.50. The summed E-state index contributed by atoms with van der Waals surface area (Å²) in [7, 11) is 0. The van der Waals surface area contributed by atoms with Crippen LogP contribution in [0.15, 0.2) is 72.8 Å². The molecule has 9 heteroatoms. The highest BCUT2D eigenvalue weighted by atomic mass is 35.5. The highest BCUT2D eigenvalue weighted by Crippen LogP contribution is 2.27. The van der Waals surface area contributed by atoms with Crippen LogP contribution in [0.2, 0.25) is 5.02 Å². The zero-order chi connectivity index (χ0) is 22.2. The molecular weight excluding hydrogens is 438 g/mol. The Hall–Kier alpha value is -3.49. The summed E-state index contributed by atoms with van der Waals surface area (Å²) in [6.07, 6.45) is 0.778. The van der Waals surface area contributed by atoms with E-state index in [-0.39, 0.29) is 21.5 Å². The molecule has 0 spiro atoms. The fourth-order valence-corrected chi connectivity index (χ4v) is 3.09. The molecule has 3 aromatic carbocycles. The normalized spacial score (nSPS) is 10.2. The van der Waals surface area contributed by atoms with Crippen molar-refractivity contribution in [2.24, 2.45) is 0 Å². The predicted molar refractivity (Wildman–Crippen MR) is 124 cm³/mol. The van der Waals surface area contributed by atoms with Crippen LogP contribution in [0.25, 0.3) is 0 Å². The van der Waals surface area contributed by atoms with E-state index in [0.717, 1.165) is 6.42 Å². The van der Waals surface area contributed by atoms with Gasteiger partial charge in [0.1, 0.15) is 11.4 Å². The van der Waals surface area contributed by atoms with Crippen molar-refractivity contribution in [3.63, 3.8) is 0 Å². The van der Waals surface area contributed by atoms with Crippen molar-refractivity contribution in [3.8, 4) is 5.75 Å². The van der Waals surface area contributed by atoms with Crippen LogP contribution in [0.3, 0.4) is 0 Å². The van der Waals surface area contributed by atoms with Crippen LogP contribution < -0.4 is 15.4 Å². The lowest BCUT2D eigenvalue weighted by Crippen LogP contribution is -2.34. The monoisotopic (exact) mass is 455 g/mol. The maximum atomic E-state index is 12.4. The van der Waals surface area contributed by atoms with Crippen molar-refractivity contribution < 1.29 is 14.5 Å². The minimum absolute atomic E-state index is 0.0707. The Balaban J connectivity index is 1.53. The quantitative estimate of drug-likeness (QED) is 0.296. The van der Waals surface area contributed by atoms with E-state index < -0.39 is 10.8 Å². The number of hydrogen-bond acceptors (Lipinski definition) is 5. The van der Waals surface area contributed by atoms with Crippen molar-refractivity contribution in [1.82, 2.24) is 5.32 Å². The largest absolute Gasteiger partial charge is 0.493 e. The number of thiocarbonyl (C=S) groups is 1. The molecule has 0 aliphatic rings.